The van der Waals surface area contributed by atoms with Crippen molar-refractivity contribution in [2.24, 2.45) is 0 Å². The summed E-state index contributed by atoms with van der Waals surface area (Å²) in [5.74, 6) is -0.156. The van der Waals surface area contributed by atoms with Crippen molar-refractivity contribution < 1.29 is 9.53 Å². The van der Waals surface area contributed by atoms with E-state index in [1.54, 1.807) is 6.20 Å². The minimum Gasteiger partial charge on any atom is -0.376 e. The highest BCUT2D eigenvalue weighted by atomic mass is 16.5. The Morgan fingerprint density at radius 2 is 2.12 bits per heavy atom. The Bertz CT molecular complexity index is 669. The molecule has 126 valence electrons. The first kappa shape index (κ1) is 16.5. The Balaban J connectivity index is 1.71. The molecule has 5 nitrogen and oxygen atoms in total. The van der Waals surface area contributed by atoms with Gasteiger partial charge in [-0.2, -0.15) is 0 Å². The number of nitrogens with zero attached hydrogens (tertiary/aromatic N) is 2. The number of para-hydroxylation sites is 1. The third kappa shape index (κ3) is 3.92. The molecule has 0 saturated carbocycles. The molecule has 0 bridgehead atoms. The number of hydrogen-bond donors (Lipinski definition) is 1. The zero-order valence-electron chi connectivity index (χ0n) is 13.9. The number of pyridine rings is 1. The zero-order chi connectivity index (χ0) is 16.8. The average molecular weight is 325 g/mol. The van der Waals surface area contributed by atoms with Gasteiger partial charge < -0.3 is 15.0 Å². The summed E-state index contributed by atoms with van der Waals surface area (Å²) in [7, 11) is 0. The van der Waals surface area contributed by atoms with Crippen LogP contribution in [0.25, 0.3) is 0 Å². The first-order chi connectivity index (χ1) is 11.8. The van der Waals surface area contributed by atoms with Crippen molar-refractivity contribution >= 4 is 17.3 Å². The SMILES string of the molecule is CCN(c1ccccc1)c1ccnc(C(=O)NCC2CCCO2)c1. The van der Waals surface area contributed by atoms with Gasteiger partial charge in [-0.25, -0.2) is 0 Å². The van der Waals surface area contributed by atoms with Crippen molar-refractivity contribution in [1.29, 1.82) is 0 Å². The average Bonchev–Trinajstić information content (AvgIpc) is 3.15. The number of hydrogen-bond acceptors (Lipinski definition) is 4. The number of carbonyl (C=O) groups is 1. The van der Waals surface area contributed by atoms with Crippen LogP contribution in [0.5, 0.6) is 0 Å². The van der Waals surface area contributed by atoms with E-state index in [-0.39, 0.29) is 12.0 Å². The van der Waals surface area contributed by atoms with Crippen molar-refractivity contribution in [3.63, 3.8) is 0 Å². The van der Waals surface area contributed by atoms with Crippen molar-refractivity contribution in [1.82, 2.24) is 10.3 Å². The molecule has 1 aromatic carbocycles. The van der Waals surface area contributed by atoms with Gasteiger partial charge in [0.15, 0.2) is 0 Å². The predicted octanol–water partition coefficient (Wildman–Crippen LogP) is 3.15. The van der Waals surface area contributed by atoms with E-state index in [0.717, 1.165) is 37.4 Å². The fraction of sp³-hybridized carbons (Fsp3) is 0.368. The van der Waals surface area contributed by atoms with Gasteiger partial charge in [0.25, 0.3) is 5.91 Å². The van der Waals surface area contributed by atoms with Crippen LogP contribution in [0.3, 0.4) is 0 Å². The summed E-state index contributed by atoms with van der Waals surface area (Å²) in [6.45, 7) is 4.23. The van der Waals surface area contributed by atoms with E-state index < -0.39 is 0 Å². The van der Waals surface area contributed by atoms with Crippen LogP contribution in [-0.2, 0) is 4.74 Å². The van der Waals surface area contributed by atoms with E-state index in [4.69, 9.17) is 4.74 Å². The van der Waals surface area contributed by atoms with Gasteiger partial charge in [-0.05, 0) is 44.0 Å². The molecule has 2 aromatic rings. The lowest BCUT2D eigenvalue weighted by molar-refractivity contribution is 0.0854. The van der Waals surface area contributed by atoms with Gasteiger partial charge in [-0.3, -0.25) is 9.78 Å². The first-order valence-electron chi connectivity index (χ1n) is 8.46. The molecule has 1 N–H and O–H groups in total. The van der Waals surface area contributed by atoms with Crippen LogP contribution < -0.4 is 10.2 Å². The van der Waals surface area contributed by atoms with Crippen molar-refractivity contribution in [2.45, 2.75) is 25.9 Å². The van der Waals surface area contributed by atoms with Crippen molar-refractivity contribution in [3.8, 4) is 0 Å². The molecule has 1 aliphatic rings. The van der Waals surface area contributed by atoms with E-state index in [9.17, 15) is 4.79 Å². The van der Waals surface area contributed by atoms with Crippen LogP contribution in [-0.4, -0.2) is 36.7 Å². The molecular weight excluding hydrogens is 302 g/mol. The van der Waals surface area contributed by atoms with Gasteiger partial charge in [0.05, 0.1) is 6.10 Å². The molecule has 0 radical (unpaired) electrons. The molecule has 1 unspecified atom stereocenters. The molecule has 3 rings (SSSR count). The van der Waals surface area contributed by atoms with Crippen LogP contribution in [0.2, 0.25) is 0 Å². The monoisotopic (exact) mass is 325 g/mol. The Labute approximate surface area is 142 Å². The molecule has 1 saturated heterocycles. The molecule has 1 atom stereocenters. The second kappa shape index (κ2) is 7.93. The normalized spacial score (nSPS) is 16.8. The molecule has 1 aliphatic heterocycles. The standard InChI is InChI=1S/C19H23N3O2/c1-2-22(15-7-4-3-5-8-15)16-10-11-20-18(13-16)19(23)21-14-17-9-6-12-24-17/h3-5,7-8,10-11,13,17H,2,6,9,12,14H2,1H3,(H,21,23). The summed E-state index contributed by atoms with van der Waals surface area (Å²) in [4.78, 5) is 18.7. The van der Waals surface area contributed by atoms with Gasteiger partial charge in [0.1, 0.15) is 5.69 Å². The summed E-state index contributed by atoms with van der Waals surface area (Å²) in [5, 5.41) is 2.92. The third-order valence-electron chi connectivity index (χ3n) is 4.19. The highest BCUT2D eigenvalue weighted by Gasteiger charge is 2.17. The summed E-state index contributed by atoms with van der Waals surface area (Å²) in [6.07, 6.45) is 3.89. The van der Waals surface area contributed by atoms with Gasteiger partial charge in [0.2, 0.25) is 0 Å². The minimum atomic E-state index is -0.156. The van der Waals surface area contributed by atoms with E-state index in [2.05, 4.69) is 34.3 Å². The third-order valence-corrected chi connectivity index (χ3v) is 4.19. The predicted molar refractivity (Wildman–Crippen MR) is 94.7 cm³/mol. The number of ether oxygens (including phenoxy) is 1. The van der Waals surface area contributed by atoms with Crippen LogP contribution in [0, 0.1) is 0 Å². The van der Waals surface area contributed by atoms with E-state index in [0.29, 0.717) is 12.2 Å². The molecule has 1 amide bonds. The summed E-state index contributed by atoms with van der Waals surface area (Å²) in [5.41, 5.74) is 2.48. The Kier molecular flexibility index (Phi) is 5.43. The second-order valence-corrected chi connectivity index (χ2v) is 5.82. The lowest BCUT2D eigenvalue weighted by atomic mass is 10.2. The zero-order valence-corrected chi connectivity index (χ0v) is 13.9. The number of benzene rings is 1. The first-order valence-corrected chi connectivity index (χ1v) is 8.46. The fourth-order valence-electron chi connectivity index (χ4n) is 2.94. The van der Waals surface area contributed by atoms with E-state index in [1.165, 1.54) is 0 Å². The van der Waals surface area contributed by atoms with Gasteiger partial charge in [-0.15, -0.1) is 0 Å². The van der Waals surface area contributed by atoms with Crippen LogP contribution in [0.4, 0.5) is 11.4 Å². The topological polar surface area (TPSA) is 54.5 Å². The molecular formula is C19H23N3O2. The lowest BCUT2D eigenvalue weighted by Gasteiger charge is -2.23. The number of anilines is 2. The maximum atomic E-state index is 12.4. The van der Waals surface area contributed by atoms with Crippen LogP contribution >= 0.6 is 0 Å². The number of aromatic nitrogens is 1. The van der Waals surface area contributed by atoms with Gasteiger partial charge >= 0.3 is 0 Å². The maximum absolute atomic E-state index is 12.4. The smallest absolute Gasteiger partial charge is 0.270 e. The van der Waals surface area contributed by atoms with Crippen molar-refractivity contribution in [2.75, 3.05) is 24.6 Å². The molecule has 24 heavy (non-hydrogen) atoms. The Morgan fingerprint density at radius 1 is 1.29 bits per heavy atom. The molecule has 5 heteroatoms. The van der Waals surface area contributed by atoms with E-state index >= 15 is 0 Å². The van der Waals surface area contributed by atoms with E-state index in [1.807, 2.05) is 30.3 Å². The number of rotatable bonds is 6. The number of carbonyl (C=O) groups excluding carboxylic acids is 1. The number of nitrogens with one attached hydrogen (secondary N) is 1. The highest BCUT2D eigenvalue weighted by molar-refractivity contribution is 5.93. The lowest BCUT2D eigenvalue weighted by Crippen LogP contribution is -2.32. The maximum Gasteiger partial charge on any atom is 0.270 e. The molecule has 0 spiro atoms. The summed E-state index contributed by atoms with van der Waals surface area (Å²) < 4.78 is 5.53. The van der Waals surface area contributed by atoms with Crippen molar-refractivity contribution in [3.05, 3.63) is 54.4 Å². The van der Waals surface area contributed by atoms with Gasteiger partial charge in [-0.1, -0.05) is 18.2 Å². The molecule has 0 aliphatic carbocycles. The quantitative estimate of drug-likeness (QED) is 0.886. The minimum absolute atomic E-state index is 0.133. The molecule has 2 heterocycles. The summed E-state index contributed by atoms with van der Waals surface area (Å²) in [6, 6.07) is 13.9. The Hall–Kier alpha value is -2.40. The number of amides is 1. The molecule has 1 fully saturated rings. The highest BCUT2D eigenvalue weighted by Crippen LogP contribution is 2.24. The van der Waals surface area contributed by atoms with Crippen LogP contribution in [0.1, 0.15) is 30.3 Å². The Morgan fingerprint density at radius 3 is 2.83 bits per heavy atom. The largest absolute Gasteiger partial charge is 0.376 e. The molecule has 1 aromatic heterocycles. The second-order valence-electron chi connectivity index (χ2n) is 5.82. The van der Waals surface area contributed by atoms with Gasteiger partial charge in [0, 0.05) is 37.3 Å². The summed E-state index contributed by atoms with van der Waals surface area (Å²) >= 11 is 0. The fourth-order valence-corrected chi connectivity index (χ4v) is 2.94. The van der Waals surface area contributed by atoms with Crippen LogP contribution in [0.15, 0.2) is 48.7 Å².